The van der Waals surface area contributed by atoms with Crippen LogP contribution in [0.1, 0.15) is 5.56 Å². The van der Waals surface area contributed by atoms with Crippen molar-refractivity contribution in [1.29, 1.82) is 0 Å². The average Bonchev–Trinajstić information content (AvgIpc) is 2.59. The lowest BCUT2D eigenvalue weighted by atomic mass is 10.2. The van der Waals surface area contributed by atoms with E-state index >= 15 is 0 Å². The average molecular weight is 204 g/mol. The Hall–Kier alpha value is -1.55. The second-order valence-electron chi connectivity index (χ2n) is 3.84. The van der Waals surface area contributed by atoms with Crippen LogP contribution in [0.3, 0.4) is 0 Å². The van der Waals surface area contributed by atoms with Crippen molar-refractivity contribution in [2.75, 3.05) is 20.6 Å². The number of fused-ring (bicyclic) bond motifs is 1. The Balaban J connectivity index is 1.99. The Kier molecular flexibility index (Phi) is 2.60. The van der Waals surface area contributed by atoms with E-state index in [9.17, 15) is 4.79 Å². The van der Waals surface area contributed by atoms with Gasteiger partial charge in [0.05, 0.1) is 12.2 Å². The number of hydrogen-bond acceptors (Lipinski definition) is 2. The third-order valence-electron chi connectivity index (χ3n) is 2.41. The van der Waals surface area contributed by atoms with Gasteiger partial charge in [-0.2, -0.15) is 10.4 Å². The van der Waals surface area contributed by atoms with Crippen LogP contribution < -0.4 is 5.43 Å². The molecule has 1 aromatic rings. The molecule has 1 aliphatic heterocycles. The van der Waals surface area contributed by atoms with Gasteiger partial charge in [-0.1, -0.05) is 18.2 Å². The van der Waals surface area contributed by atoms with E-state index < -0.39 is 0 Å². The normalized spacial score (nSPS) is 14.5. The quantitative estimate of drug-likeness (QED) is 0.712. The molecule has 2 rings (SSSR count). The molecule has 1 radical (unpaired) electrons. The highest BCUT2D eigenvalue weighted by molar-refractivity contribution is 5.77. The van der Waals surface area contributed by atoms with E-state index in [0.29, 0.717) is 6.54 Å². The standard InChI is InChI=1S/C11H14N3O/c1-13(2)11(15)8-14-7-9-5-3-4-6-10(9)12-14/h3-6H,7-8H2,1-2H3. The van der Waals surface area contributed by atoms with Crippen LogP contribution >= 0.6 is 0 Å². The van der Waals surface area contributed by atoms with Gasteiger partial charge in [-0.15, -0.1) is 0 Å². The van der Waals surface area contributed by atoms with Crippen LogP contribution in [0, 0.1) is 0 Å². The first-order valence-electron chi connectivity index (χ1n) is 4.91. The number of hydrogen-bond donors (Lipinski definition) is 0. The Morgan fingerprint density at radius 2 is 2.20 bits per heavy atom. The molecule has 1 aromatic carbocycles. The zero-order valence-corrected chi connectivity index (χ0v) is 8.97. The van der Waals surface area contributed by atoms with E-state index in [-0.39, 0.29) is 5.91 Å². The molecule has 0 spiro atoms. The molecule has 0 saturated carbocycles. The first-order valence-corrected chi connectivity index (χ1v) is 4.91. The molecule has 1 aliphatic rings. The molecule has 15 heavy (non-hydrogen) atoms. The van der Waals surface area contributed by atoms with E-state index in [1.807, 2.05) is 24.3 Å². The second-order valence-corrected chi connectivity index (χ2v) is 3.84. The molecule has 0 saturated heterocycles. The van der Waals surface area contributed by atoms with Crippen molar-refractivity contribution in [3.05, 3.63) is 29.8 Å². The van der Waals surface area contributed by atoms with E-state index in [0.717, 1.165) is 12.2 Å². The van der Waals surface area contributed by atoms with Gasteiger partial charge in [0.2, 0.25) is 5.91 Å². The summed E-state index contributed by atoms with van der Waals surface area (Å²) in [6, 6.07) is 7.96. The lowest BCUT2D eigenvalue weighted by molar-refractivity contribution is -0.130. The van der Waals surface area contributed by atoms with E-state index in [4.69, 9.17) is 0 Å². The predicted molar refractivity (Wildman–Crippen MR) is 57.3 cm³/mol. The summed E-state index contributed by atoms with van der Waals surface area (Å²) in [6.45, 7) is 1.08. The minimum atomic E-state index is 0.0755. The van der Waals surface area contributed by atoms with Crippen molar-refractivity contribution in [2.45, 2.75) is 6.54 Å². The number of nitrogens with zero attached hydrogens (tertiary/aromatic N) is 3. The smallest absolute Gasteiger partial charge is 0.238 e. The molecular weight excluding hydrogens is 190 g/mol. The van der Waals surface area contributed by atoms with Gasteiger partial charge in [0.1, 0.15) is 0 Å². The summed E-state index contributed by atoms with van der Waals surface area (Å²) in [5.74, 6) is 0.0755. The molecule has 0 atom stereocenters. The maximum Gasteiger partial charge on any atom is 0.238 e. The molecule has 0 N–H and O–H groups in total. The third kappa shape index (κ3) is 2.10. The molecule has 4 heteroatoms. The maximum absolute atomic E-state index is 11.5. The summed E-state index contributed by atoms with van der Waals surface area (Å²) < 4.78 is 0. The molecule has 1 heterocycles. The fraction of sp³-hybridized carbons (Fsp3) is 0.364. The Morgan fingerprint density at radius 3 is 2.87 bits per heavy atom. The van der Waals surface area contributed by atoms with Crippen molar-refractivity contribution in [1.82, 2.24) is 15.3 Å². The summed E-state index contributed by atoms with van der Waals surface area (Å²) in [5, 5.41) is 1.80. The largest absolute Gasteiger partial charge is 0.348 e. The lowest BCUT2D eigenvalue weighted by Gasteiger charge is -2.16. The Bertz CT molecular complexity index is 351. The van der Waals surface area contributed by atoms with Gasteiger partial charge < -0.3 is 4.90 Å². The van der Waals surface area contributed by atoms with E-state index in [2.05, 4.69) is 5.43 Å². The van der Waals surface area contributed by atoms with Crippen LogP contribution in [0.4, 0.5) is 5.69 Å². The van der Waals surface area contributed by atoms with Crippen molar-refractivity contribution in [3.8, 4) is 0 Å². The van der Waals surface area contributed by atoms with Crippen LogP contribution in [0.15, 0.2) is 24.3 Å². The topological polar surface area (TPSA) is 37.7 Å². The van der Waals surface area contributed by atoms with Crippen molar-refractivity contribution < 1.29 is 4.79 Å². The zero-order valence-electron chi connectivity index (χ0n) is 8.97. The van der Waals surface area contributed by atoms with Crippen LogP contribution in [-0.2, 0) is 11.3 Å². The Labute approximate surface area is 89.5 Å². The molecule has 4 nitrogen and oxygen atoms in total. The van der Waals surface area contributed by atoms with Gasteiger partial charge >= 0.3 is 0 Å². The SMILES string of the molecule is CN(C)C(=O)CN1Cc2ccccc2[N]1. The van der Waals surface area contributed by atoms with Crippen molar-refractivity contribution in [2.24, 2.45) is 0 Å². The van der Waals surface area contributed by atoms with E-state index in [1.54, 1.807) is 24.0 Å². The summed E-state index contributed by atoms with van der Waals surface area (Å²) >= 11 is 0. The van der Waals surface area contributed by atoms with Crippen molar-refractivity contribution in [3.63, 3.8) is 0 Å². The highest BCUT2D eigenvalue weighted by atomic mass is 16.2. The molecule has 0 aromatic heterocycles. The highest BCUT2D eigenvalue weighted by Gasteiger charge is 2.22. The van der Waals surface area contributed by atoms with Crippen molar-refractivity contribution >= 4 is 11.6 Å². The number of carbonyl (C=O) groups excluding carboxylic acids is 1. The van der Waals surface area contributed by atoms with Crippen LogP contribution in [0.25, 0.3) is 0 Å². The molecule has 0 unspecified atom stereocenters. The zero-order chi connectivity index (χ0) is 10.8. The minimum Gasteiger partial charge on any atom is -0.348 e. The number of rotatable bonds is 2. The van der Waals surface area contributed by atoms with E-state index in [1.165, 1.54) is 5.56 Å². The molecule has 79 valence electrons. The summed E-state index contributed by atoms with van der Waals surface area (Å²) in [7, 11) is 3.51. The first-order chi connectivity index (χ1) is 7.16. The Morgan fingerprint density at radius 1 is 1.47 bits per heavy atom. The minimum absolute atomic E-state index is 0.0755. The number of benzene rings is 1. The molecule has 0 aliphatic carbocycles. The molecular formula is C11H14N3O. The first kappa shape index (κ1) is 9.98. The summed E-state index contributed by atoms with van der Waals surface area (Å²) in [6.07, 6.45) is 0. The van der Waals surface area contributed by atoms with Gasteiger partial charge in [-0.3, -0.25) is 4.79 Å². The van der Waals surface area contributed by atoms with Gasteiger partial charge in [-0.05, 0) is 11.6 Å². The molecule has 1 amide bonds. The molecule has 0 fully saturated rings. The third-order valence-corrected chi connectivity index (χ3v) is 2.41. The number of carbonyl (C=O) groups is 1. The summed E-state index contributed by atoms with van der Waals surface area (Å²) in [5.41, 5.74) is 6.52. The number of amides is 1. The van der Waals surface area contributed by atoms with Gasteiger partial charge in [-0.25, -0.2) is 0 Å². The fourth-order valence-corrected chi connectivity index (χ4v) is 1.52. The maximum atomic E-state index is 11.5. The fourth-order valence-electron chi connectivity index (χ4n) is 1.52. The van der Waals surface area contributed by atoms with Gasteiger partial charge in [0.25, 0.3) is 0 Å². The summed E-state index contributed by atoms with van der Waals surface area (Å²) in [4.78, 5) is 13.1. The second kappa shape index (κ2) is 3.90. The highest BCUT2D eigenvalue weighted by Crippen LogP contribution is 2.24. The monoisotopic (exact) mass is 204 g/mol. The number of likely N-dealkylation sites (N-methyl/N-ethyl adjacent to an activating group) is 1. The predicted octanol–water partition coefficient (Wildman–Crippen LogP) is 0.741. The van der Waals surface area contributed by atoms with Gasteiger partial charge in [0, 0.05) is 20.6 Å². The molecule has 0 bridgehead atoms. The van der Waals surface area contributed by atoms with Crippen LogP contribution in [0.5, 0.6) is 0 Å². The van der Waals surface area contributed by atoms with Crippen LogP contribution in [0.2, 0.25) is 0 Å². The lowest BCUT2D eigenvalue weighted by Crippen LogP contribution is -2.36. The van der Waals surface area contributed by atoms with Gasteiger partial charge in [0.15, 0.2) is 0 Å². The van der Waals surface area contributed by atoms with Crippen LogP contribution in [-0.4, -0.2) is 36.5 Å².